The van der Waals surface area contributed by atoms with Gasteiger partial charge in [0, 0.05) is 12.1 Å². The summed E-state index contributed by atoms with van der Waals surface area (Å²) >= 11 is 0. The average Bonchev–Trinajstić information content (AvgIpc) is 2.53. The van der Waals surface area contributed by atoms with Gasteiger partial charge in [-0.3, -0.25) is 4.79 Å². The molecule has 5 heteroatoms. The normalized spacial score (nSPS) is 25.2. The van der Waals surface area contributed by atoms with Crippen LogP contribution in [0, 0.1) is 11.3 Å². The second kappa shape index (κ2) is 5.51. The highest BCUT2D eigenvalue weighted by molar-refractivity contribution is 5.85. The minimum Gasteiger partial charge on any atom is -0.493 e. The zero-order chi connectivity index (χ0) is 13.9. The zero-order valence-electron chi connectivity index (χ0n) is 11.1. The van der Waals surface area contributed by atoms with Crippen LogP contribution in [0.25, 0.3) is 0 Å². The molecule has 1 aromatic carbocycles. The molecule has 0 unspecified atom stereocenters. The molecule has 104 valence electrons. The zero-order valence-corrected chi connectivity index (χ0v) is 11.1. The predicted molar refractivity (Wildman–Crippen MR) is 71.2 cm³/mol. The molecule has 0 radical (unpaired) electrons. The van der Waals surface area contributed by atoms with Crippen LogP contribution in [0.15, 0.2) is 24.3 Å². The lowest BCUT2D eigenvalue weighted by atomic mass is 9.91. The summed E-state index contributed by atoms with van der Waals surface area (Å²) in [6.45, 7) is 1.81. The molecule has 5 nitrogen and oxygen atoms in total. The van der Waals surface area contributed by atoms with Crippen molar-refractivity contribution in [3.8, 4) is 11.8 Å². The number of fused-ring (bicyclic) bond motifs is 1. The molecule has 20 heavy (non-hydrogen) atoms. The lowest BCUT2D eigenvalue weighted by Crippen LogP contribution is -2.50. The van der Waals surface area contributed by atoms with E-state index in [1.54, 1.807) is 4.90 Å². The summed E-state index contributed by atoms with van der Waals surface area (Å²) in [6.07, 6.45) is 0.658. The Morgan fingerprint density at radius 3 is 3.05 bits per heavy atom. The third-order valence-electron chi connectivity index (χ3n) is 3.82. The molecule has 0 aliphatic carbocycles. The maximum Gasteiger partial charge on any atom is 0.231 e. The van der Waals surface area contributed by atoms with E-state index in [1.165, 1.54) is 0 Å². The molecule has 0 N–H and O–H groups in total. The van der Waals surface area contributed by atoms with E-state index in [-0.39, 0.29) is 11.8 Å². The summed E-state index contributed by atoms with van der Waals surface area (Å²) < 4.78 is 10.9. The Hall–Kier alpha value is -2.06. The number of rotatable bonds is 1. The van der Waals surface area contributed by atoms with Gasteiger partial charge >= 0.3 is 0 Å². The molecule has 1 amide bonds. The van der Waals surface area contributed by atoms with Crippen LogP contribution >= 0.6 is 0 Å². The molecule has 1 saturated heterocycles. The molecule has 0 saturated carbocycles. The predicted octanol–water partition coefficient (Wildman–Crippen LogP) is 1.30. The maximum atomic E-state index is 12.7. The van der Waals surface area contributed by atoms with Crippen LogP contribution in [-0.2, 0) is 9.53 Å². The number of benzene rings is 1. The number of nitrogens with zero attached hydrogens (tertiary/aromatic N) is 2. The van der Waals surface area contributed by atoms with Gasteiger partial charge in [-0.25, -0.2) is 0 Å². The highest BCUT2D eigenvalue weighted by atomic mass is 16.5. The van der Waals surface area contributed by atoms with E-state index in [0.29, 0.717) is 32.8 Å². The Kier molecular flexibility index (Phi) is 3.57. The number of para-hydroxylation sites is 1. The van der Waals surface area contributed by atoms with Gasteiger partial charge in [0.25, 0.3) is 0 Å². The highest BCUT2D eigenvalue weighted by Gasteiger charge is 2.35. The van der Waals surface area contributed by atoms with Crippen molar-refractivity contribution in [3.63, 3.8) is 0 Å². The summed E-state index contributed by atoms with van der Waals surface area (Å²) in [5.74, 6) is 0.573. The molecule has 3 rings (SSSR count). The van der Waals surface area contributed by atoms with Gasteiger partial charge in [0.2, 0.25) is 5.91 Å². The van der Waals surface area contributed by atoms with Crippen LogP contribution in [0.1, 0.15) is 17.9 Å². The first kappa shape index (κ1) is 12.9. The molecule has 2 aliphatic rings. The minimum absolute atomic E-state index is 0.00981. The van der Waals surface area contributed by atoms with Gasteiger partial charge in [0.05, 0.1) is 31.8 Å². The van der Waals surface area contributed by atoms with E-state index in [2.05, 4.69) is 6.07 Å². The van der Waals surface area contributed by atoms with Gasteiger partial charge in [-0.15, -0.1) is 0 Å². The summed E-state index contributed by atoms with van der Waals surface area (Å²) in [5, 5.41) is 9.16. The SMILES string of the molecule is N#C[C@H]1COCCN1C(=O)[C@H]1CCOc2ccccc21. The van der Waals surface area contributed by atoms with E-state index in [9.17, 15) is 4.79 Å². The van der Waals surface area contributed by atoms with Crippen molar-refractivity contribution in [1.82, 2.24) is 4.90 Å². The molecule has 1 fully saturated rings. The maximum absolute atomic E-state index is 12.7. The van der Waals surface area contributed by atoms with Crippen molar-refractivity contribution in [2.24, 2.45) is 0 Å². The largest absolute Gasteiger partial charge is 0.493 e. The molecule has 2 aliphatic heterocycles. The fourth-order valence-corrected chi connectivity index (χ4v) is 2.77. The Morgan fingerprint density at radius 1 is 1.35 bits per heavy atom. The number of nitriles is 1. The van der Waals surface area contributed by atoms with E-state index in [0.717, 1.165) is 11.3 Å². The fourth-order valence-electron chi connectivity index (χ4n) is 2.77. The first-order valence-corrected chi connectivity index (χ1v) is 6.81. The Morgan fingerprint density at radius 2 is 2.20 bits per heavy atom. The summed E-state index contributed by atoms with van der Waals surface area (Å²) in [6, 6.07) is 9.29. The van der Waals surface area contributed by atoms with Crippen LogP contribution in [-0.4, -0.2) is 43.2 Å². The van der Waals surface area contributed by atoms with E-state index < -0.39 is 6.04 Å². The quantitative estimate of drug-likeness (QED) is 0.773. The molecular formula is C15H16N2O3. The van der Waals surface area contributed by atoms with Gasteiger partial charge in [0.15, 0.2) is 0 Å². The number of carbonyl (C=O) groups excluding carboxylic acids is 1. The third-order valence-corrected chi connectivity index (χ3v) is 3.82. The summed E-state index contributed by atoms with van der Waals surface area (Å²) in [7, 11) is 0. The number of morpholine rings is 1. The molecule has 2 heterocycles. The van der Waals surface area contributed by atoms with Crippen molar-refractivity contribution in [2.45, 2.75) is 18.4 Å². The smallest absolute Gasteiger partial charge is 0.231 e. The van der Waals surface area contributed by atoms with Crippen LogP contribution < -0.4 is 4.74 Å². The summed E-state index contributed by atoms with van der Waals surface area (Å²) in [5.41, 5.74) is 0.923. The van der Waals surface area contributed by atoms with E-state index in [4.69, 9.17) is 14.7 Å². The van der Waals surface area contributed by atoms with Crippen molar-refractivity contribution < 1.29 is 14.3 Å². The number of hydrogen-bond donors (Lipinski definition) is 0. The monoisotopic (exact) mass is 272 g/mol. The van der Waals surface area contributed by atoms with Gasteiger partial charge in [-0.05, 0) is 12.5 Å². The van der Waals surface area contributed by atoms with E-state index in [1.807, 2.05) is 24.3 Å². The number of amides is 1. The molecule has 1 aromatic rings. The lowest BCUT2D eigenvalue weighted by Gasteiger charge is -2.35. The highest BCUT2D eigenvalue weighted by Crippen LogP contribution is 2.35. The fraction of sp³-hybridized carbons (Fsp3) is 0.467. The first-order chi connectivity index (χ1) is 9.81. The van der Waals surface area contributed by atoms with Gasteiger partial charge in [-0.2, -0.15) is 5.26 Å². The average molecular weight is 272 g/mol. The second-order valence-electron chi connectivity index (χ2n) is 4.98. The van der Waals surface area contributed by atoms with E-state index >= 15 is 0 Å². The van der Waals surface area contributed by atoms with Crippen molar-refractivity contribution in [2.75, 3.05) is 26.4 Å². The minimum atomic E-state index is -0.480. The van der Waals surface area contributed by atoms with Gasteiger partial charge in [0.1, 0.15) is 11.8 Å². The molecule has 0 aromatic heterocycles. The number of hydrogen-bond acceptors (Lipinski definition) is 4. The molecular weight excluding hydrogens is 256 g/mol. The number of ether oxygens (including phenoxy) is 2. The Labute approximate surface area is 117 Å². The van der Waals surface area contributed by atoms with Gasteiger partial charge < -0.3 is 14.4 Å². The summed E-state index contributed by atoms with van der Waals surface area (Å²) in [4.78, 5) is 14.4. The van der Waals surface area contributed by atoms with Crippen LogP contribution in [0.4, 0.5) is 0 Å². The van der Waals surface area contributed by atoms with Gasteiger partial charge in [-0.1, -0.05) is 18.2 Å². The third kappa shape index (κ3) is 2.23. The standard InChI is InChI=1S/C15H16N2O3/c16-9-11-10-19-8-6-17(11)15(18)13-5-7-20-14-4-2-1-3-12(13)14/h1-4,11,13H,5-8,10H2/t11-,13-/m0/s1. The second-order valence-corrected chi connectivity index (χ2v) is 4.98. The van der Waals surface area contributed by atoms with Crippen molar-refractivity contribution in [3.05, 3.63) is 29.8 Å². The van der Waals surface area contributed by atoms with Crippen LogP contribution in [0.2, 0.25) is 0 Å². The lowest BCUT2D eigenvalue weighted by molar-refractivity contribution is -0.140. The van der Waals surface area contributed by atoms with Crippen LogP contribution in [0.3, 0.4) is 0 Å². The topological polar surface area (TPSA) is 62.6 Å². The molecule has 0 spiro atoms. The van der Waals surface area contributed by atoms with Crippen molar-refractivity contribution in [1.29, 1.82) is 5.26 Å². The first-order valence-electron chi connectivity index (χ1n) is 6.81. The van der Waals surface area contributed by atoms with Crippen molar-refractivity contribution >= 4 is 5.91 Å². The number of carbonyl (C=O) groups is 1. The molecule has 0 bridgehead atoms. The Bertz CT molecular complexity index is 552. The Balaban J connectivity index is 1.86. The molecule has 2 atom stereocenters. The van der Waals surface area contributed by atoms with Crippen LogP contribution in [0.5, 0.6) is 5.75 Å².